The van der Waals surface area contributed by atoms with Gasteiger partial charge in [-0.2, -0.15) is 0 Å². The van der Waals surface area contributed by atoms with E-state index in [2.05, 4.69) is 21.2 Å². The van der Waals surface area contributed by atoms with E-state index >= 15 is 0 Å². The van der Waals surface area contributed by atoms with Crippen LogP contribution in [0.3, 0.4) is 0 Å². The van der Waals surface area contributed by atoms with Crippen molar-refractivity contribution in [3.8, 4) is 5.75 Å². The summed E-state index contributed by atoms with van der Waals surface area (Å²) in [4.78, 5) is 22.4. The molecule has 0 spiro atoms. The Balaban J connectivity index is 2.06. The summed E-state index contributed by atoms with van der Waals surface area (Å²) >= 11 is 9.04. The van der Waals surface area contributed by atoms with Gasteiger partial charge in [0.25, 0.3) is 11.6 Å². The fourth-order valence-electron chi connectivity index (χ4n) is 1.77. The van der Waals surface area contributed by atoms with Gasteiger partial charge in [0, 0.05) is 16.2 Å². The summed E-state index contributed by atoms with van der Waals surface area (Å²) in [6, 6.07) is 11.1. The number of hydrogen-bond acceptors (Lipinski definition) is 4. The van der Waals surface area contributed by atoms with E-state index in [-0.39, 0.29) is 16.4 Å². The molecule has 0 saturated heterocycles. The Kier molecular flexibility index (Phi) is 5.57. The molecule has 0 heterocycles. The second kappa shape index (κ2) is 7.43. The van der Waals surface area contributed by atoms with Crippen molar-refractivity contribution in [2.24, 2.45) is 0 Å². The third-order valence-corrected chi connectivity index (χ3v) is 3.70. The predicted molar refractivity (Wildman–Crippen MR) is 91.0 cm³/mol. The molecule has 0 radical (unpaired) electrons. The zero-order chi connectivity index (χ0) is 17.0. The van der Waals surface area contributed by atoms with Gasteiger partial charge in [0.2, 0.25) is 0 Å². The molecule has 2 aromatic carbocycles. The number of ether oxygens (including phenoxy) is 1. The maximum atomic E-state index is 12.1. The highest BCUT2D eigenvalue weighted by atomic mass is 79.9. The lowest BCUT2D eigenvalue weighted by atomic mass is 10.2. The summed E-state index contributed by atoms with van der Waals surface area (Å²) in [6.45, 7) is 1.58. The molecule has 8 heteroatoms. The van der Waals surface area contributed by atoms with Gasteiger partial charge in [-0.3, -0.25) is 14.9 Å². The van der Waals surface area contributed by atoms with Crippen molar-refractivity contribution >= 4 is 44.8 Å². The highest BCUT2D eigenvalue weighted by Crippen LogP contribution is 2.27. The van der Waals surface area contributed by atoms with Crippen LogP contribution in [-0.4, -0.2) is 16.9 Å². The molecule has 23 heavy (non-hydrogen) atoms. The lowest BCUT2D eigenvalue weighted by Crippen LogP contribution is -2.30. The fraction of sp³-hybridized carbons (Fsp3) is 0.133. The number of rotatable bonds is 5. The van der Waals surface area contributed by atoms with E-state index < -0.39 is 16.9 Å². The lowest BCUT2D eigenvalue weighted by Gasteiger charge is -2.15. The molecule has 6 nitrogen and oxygen atoms in total. The highest BCUT2D eigenvalue weighted by molar-refractivity contribution is 9.10. The SMILES string of the molecule is CC(Oc1cccc(Br)c1)C(=O)Nc1ccc(Cl)c([N+](=O)[O-])c1. The van der Waals surface area contributed by atoms with E-state index in [9.17, 15) is 14.9 Å². The van der Waals surface area contributed by atoms with E-state index in [1.165, 1.54) is 18.2 Å². The van der Waals surface area contributed by atoms with Gasteiger partial charge in [-0.15, -0.1) is 0 Å². The predicted octanol–water partition coefficient (Wildman–Crippen LogP) is 4.42. The number of carbonyl (C=O) groups excluding carboxylic acids is 1. The third kappa shape index (κ3) is 4.67. The van der Waals surface area contributed by atoms with Crippen LogP contribution in [-0.2, 0) is 4.79 Å². The molecule has 120 valence electrons. The molecular formula is C15H12BrClN2O4. The molecule has 0 fully saturated rings. The van der Waals surface area contributed by atoms with Gasteiger partial charge in [0.15, 0.2) is 6.10 Å². The molecule has 0 saturated carbocycles. The Bertz CT molecular complexity index is 754. The van der Waals surface area contributed by atoms with E-state index in [1.807, 2.05) is 6.07 Å². The van der Waals surface area contributed by atoms with Gasteiger partial charge in [-0.1, -0.05) is 33.6 Å². The van der Waals surface area contributed by atoms with Crippen LogP contribution in [0.1, 0.15) is 6.92 Å². The maximum absolute atomic E-state index is 12.1. The largest absolute Gasteiger partial charge is 0.481 e. The molecule has 0 aliphatic carbocycles. The summed E-state index contributed by atoms with van der Waals surface area (Å²) in [6.07, 6.45) is -0.779. The molecule has 0 aliphatic heterocycles. The molecule has 1 atom stereocenters. The van der Waals surface area contributed by atoms with Crippen LogP contribution in [0.2, 0.25) is 5.02 Å². The highest BCUT2D eigenvalue weighted by Gasteiger charge is 2.18. The fourth-order valence-corrected chi connectivity index (χ4v) is 2.34. The quantitative estimate of drug-likeness (QED) is 0.596. The Hall–Kier alpha value is -2.12. The number of anilines is 1. The average molecular weight is 400 g/mol. The van der Waals surface area contributed by atoms with Crippen molar-refractivity contribution in [1.29, 1.82) is 0 Å². The monoisotopic (exact) mass is 398 g/mol. The van der Waals surface area contributed by atoms with Crippen LogP contribution in [0.25, 0.3) is 0 Å². The zero-order valence-corrected chi connectivity index (χ0v) is 14.3. The number of benzene rings is 2. The smallest absolute Gasteiger partial charge is 0.289 e. The van der Waals surface area contributed by atoms with Gasteiger partial charge in [0.05, 0.1) is 4.92 Å². The Labute approximate surface area is 145 Å². The minimum Gasteiger partial charge on any atom is -0.481 e. The number of hydrogen-bond donors (Lipinski definition) is 1. The number of halogens is 2. The van der Waals surface area contributed by atoms with E-state index in [0.717, 1.165) is 4.47 Å². The summed E-state index contributed by atoms with van der Waals surface area (Å²) < 4.78 is 6.36. The summed E-state index contributed by atoms with van der Waals surface area (Å²) in [7, 11) is 0. The summed E-state index contributed by atoms with van der Waals surface area (Å²) in [5, 5.41) is 13.4. The molecule has 2 aromatic rings. The lowest BCUT2D eigenvalue weighted by molar-refractivity contribution is -0.384. The van der Waals surface area contributed by atoms with E-state index in [0.29, 0.717) is 5.75 Å². The van der Waals surface area contributed by atoms with Gasteiger partial charge in [-0.25, -0.2) is 0 Å². The van der Waals surface area contributed by atoms with Crippen molar-refractivity contribution in [2.45, 2.75) is 13.0 Å². The van der Waals surface area contributed by atoms with Crippen LogP contribution < -0.4 is 10.1 Å². The molecule has 0 aromatic heterocycles. The summed E-state index contributed by atoms with van der Waals surface area (Å²) in [5.74, 6) is 0.103. The minimum absolute atomic E-state index is 0.00596. The van der Waals surface area contributed by atoms with E-state index in [1.54, 1.807) is 25.1 Å². The number of amides is 1. The van der Waals surface area contributed by atoms with E-state index in [4.69, 9.17) is 16.3 Å². The Morgan fingerprint density at radius 1 is 1.35 bits per heavy atom. The normalized spacial score (nSPS) is 11.6. The molecule has 1 amide bonds. The molecule has 0 aliphatic rings. The number of nitrogens with zero attached hydrogens (tertiary/aromatic N) is 1. The van der Waals surface area contributed by atoms with Crippen molar-refractivity contribution in [3.05, 3.63) is 62.1 Å². The Morgan fingerprint density at radius 2 is 2.09 bits per heavy atom. The van der Waals surface area contributed by atoms with Crippen LogP contribution in [0.5, 0.6) is 5.75 Å². The zero-order valence-electron chi connectivity index (χ0n) is 12.0. The van der Waals surface area contributed by atoms with Crippen LogP contribution in [0.15, 0.2) is 46.9 Å². The molecule has 2 rings (SSSR count). The molecule has 1 unspecified atom stereocenters. The first-order chi connectivity index (χ1) is 10.9. The average Bonchev–Trinajstić information content (AvgIpc) is 2.48. The molecule has 0 bridgehead atoms. The van der Waals surface area contributed by atoms with Gasteiger partial charge in [0.1, 0.15) is 10.8 Å². The number of nitro benzene ring substituents is 1. The van der Waals surface area contributed by atoms with Gasteiger partial charge in [-0.05, 0) is 37.3 Å². The number of carbonyl (C=O) groups is 1. The van der Waals surface area contributed by atoms with Crippen molar-refractivity contribution in [3.63, 3.8) is 0 Å². The van der Waals surface area contributed by atoms with Gasteiger partial charge < -0.3 is 10.1 Å². The van der Waals surface area contributed by atoms with Gasteiger partial charge >= 0.3 is 0 Å². The second-order valence-corrected chi connectivity index (χ2v) is 5.95. The Morgan fingerprint density at radius 3 is 2.74 bits per heavy atom. The third-order valence-electron chi connectivity index (χ3n) is 2.89. The van der Waals surface area contributed by atoms with Crippen LogP contribution in [0.4, 0.5) is 11.4 Å². The summed E-state index contributed by atoms with van der Waals surface area (Å²) in [5.41, 5.74) is 0.000760. The van der Waals surface area contributed by atoms with Crippen molar-refractivity contribution in [2.75, 3.05) is 5.32 Å². The van der Waals surface area contributed by atoms with Crippen molar-refractivity contribution < 1.29 is 14.5 Å². The first kappa shape index (κ1) is 17.2. The number of nitrogens with one attached hydrogen (secondary N) is 1. The first-order valence-electron chi connectivity index (χ1n) is 6.54. The first-order valence-corrected chi connectivity index (χ1v) is 7.71. The minimum atomic E-state index is -0.779. The number of nitro groups is 1. The topological polar surface area (TPSA) is 81.5 Å². The second-order valence-electron chi connectivity index (χ2n) is 4.63. The standard InChI is InChI=1S/C15H12BrClN2O4/c1-9(23-12-4-2-3-10(16)7-12)15(20)18-11-5-6-13(17)14(8-11)19(21)22/h2-9H,1H3,(H,18,20). The molecular weight excluding hydrogens is 388 g/mol. The van der Waals surface area contributed by atoms with Crippen LogP contribution >= 0.6 is 27.5 Å². The molecule has 1 N–H and O–H groups in total. The van der Waals surface area contributed by atoms with Crippen molar-refractivity contribution in [1.82, 2.24) is 0 Å². The maximum Gasteiger partial charge on any atom is 0.289 e. The van der Waals surface area contributed by atoms with Crippen LogP contribution in [0, 0.1) is 10.1 Å².